The number of nitrogens with zero attached hydrogens (tertiary/aromatic N) is 2. The number of hydrogen-bond donors (Lipinski definition) is 0. The summed E-state index contributed by atoms with van der Waals surface area (Å²) in [6.45, 7) is 2.69. The highest BCUT2D eigenvalue weighted by molar-refractivity contribution is 9.10. The molecule has 1 heterocycles. The normalized spacial score (nSPS) is 21.8. The lowest BCUT2D eigenvalue weighted by Crippen LogP contribution is -2.44. The van der Waals surface area contributed by atoms with Gasteiger partial charge in [0.2, 0.25) is 0 Å². The van der Waals surface area contributed by atoms with Gasteiger partial charge in [0.15, 0.2) is 16.7 Å². The average Bonchev–Trinajstić information content (AvgIpc) is 3.24. The maximum atomic E-state index is 13.8. The summed E-state index contributed by atoms with van der Waals surface area (Å²) in [5.74, 6) is 1.70. The number of benzene rings is 3. The minimum absolute atomic E-state index is 0.0127. The second-order valence-corrected chi connectivity index (χ2v) is 11.5. The van der Waals surface area contributed by atoms with E-state index in [1.807, 2.05) is 83.8 Å². The first-order valence-electron chi connectivity index (χ1n) is 12.9. The summed E-state index contributed by atoms with van der Waals surface area (Å²) in [6, 6.07) is 23.8. The van der Waals surface area contributed by atoms with Gasteiger partial charge in [-0.05, 0) is 72.0 Å². The molecule has 0 radical (unpaired) electrons. The molecule has 0 aromatic heterocycles. The van der Waals surface area contributed by atoms with E-state index in [9.17, 15) is 4.79 Å². The van der Waals surface area contributed by atoms with Crippen molar-refractivity contribution in [1.29, 1.82) is 0 Å². The Balaban J connectivity index is 1.45. The second-order valence-electron chi connectivity index (χ2n) is 9.64. The third kappa shape index (κ3) is 6.00. The number of thioether (sulfide) groups is 1. The fourth-order valence-corrected chi connectivity index (χ4v) is 6.43. The Labute approximate surface area is 237 Å². The van der Waals surface area contributed by atoms with Crippen molar-refractivity contribution in [2.45, 2.75) is 45.3 Å². The first-order chi connectivity index (χ1) is 18.5. The van der Waals surface area contributed by atoms with Crippen LogP contribution in [-0.2, 0) is 11.4 Å². The first-order valence-corrected chi connectivity index (χ1v) is 14.6. The molecule has 5 nitrogen and oxygen atoms in total. The van der Waals surface area contributed by atoms with Crippen LogP contribution in [0.4, 0.5) is 5.69 Å². The van der Waals surface area contributed by atoms with Crippen LogP contribution in [0.5, 0.6) is 11.5 Å². The van der Waals surface area contributed by atoms with E-state index in [0.717, 1.165) is 45.7 Å². The smallest absolute Gasteiger partial charge is 0.267 e. The van der Waals surface area contributed by atoms with Gasteiger partial charge < -0.3 is 9.47 Å². The monoisotopic (exact) mass is 590 g/mol. The van der Waals surface area contributed by atoms with Gasteiger partial charge in [0, 0.05) is 10.5 Å². The second kappa shape index (κ2) is 12.2. The molecule has 3 aromatic carbocycles. The van der Waals surface area contributed by atoms with E-state index < -0.39 is 0 Å². The maximum Gasteiger partial charge on any atom is 0.267 e. The highest BCUT2D eigenvalue weighted by Gasteiger charge is 2.41. The lowest BCUT2D eigenvalue weighted by Gasteiger charge is -2.35. The largest absolute Gasteiger partial charge is 0.493 e. The Morgan fingerprint density at radius 3 is 2.45 bits per heavy atom. The van der Waals surface area contributed by atoms with Crippen LogP contribution in [-0.4, -0.2) is 29.1 Å². The Morgan fingerprint density at radius 2 is 1.74 bits per heavy atom. The van der Waals surface area contributed by atoms with Crippen molar-refractivity contribution < 1.29 is 14.3 Å². The molecule has 1 aliphatic carbocycles. The number of rotatable bonds is 7. The molecule has 0 spiro atoms. The molecule has 2 fully saturated rings. The minimum atomic E-state index is 0.0127. The molecule has 7 heteroatoms. The molecule has 0 N–H and O–H groups in total. The molecular formula is C31H31BrN2O3S. The van der Waals surface area contributed by atoms with E-state index in [1.165, 1.54) is 18.2 Å². The summed E-state index contributed by atoms with van der Waals surface area (Å²) in [4.78, 5) is 21.3. The van der Waals surface area contributed by atoms with Gasteiger partial charge in [0.05, 0.1) is 17.7 Å². The van der Waals surface area contributed by atoms with Gasteiger partial charge in [-0.2, -0.15) is 0 Å². The van der Waals surface area contributed by atoms with E-state index in [1.54, 1.807) is 7.11 Å². The van der Waals surface area contributed by atoms with Crippen LogP contribution >= 0.6 is 27.7 Å². The number of amidine groups is 1. The van der Waals surface area contributed by atoms with Crippen LogP contribution in [0.3, 0.4) is 0 Å². The van der Waals surface area contributed by atoms with E-state index >= 15 is 0 Å². The van der Waals surface area contributed by atoms with Gasteiger partial charge in [0.1, 0.15) is 6.61 Å². The number of carbonyl (C=O) groups excluding carboxylic acids is 1. The summed E-state index contributed by atoms with van der Waals surface area (Å²) in [6.07, 6.45) is 6.40. The molecule has 2 aliphatic rings. The zero-order valence-electron chi connectivity index (χ0n) is 21.6. The van der Waals surface area contributed by atoms with E-state index in [0.29, 0.717) is 28.9 Å². The highest BCUT2D eigenvalue weighted by Crippen LogP contribution is 2.42. The molecule has 3 aromatic rings. The standard InChI is InChI=1S/C31H31BrN2O3S/c1-21-11-9-10-16-26(21)34-30(35)29(38-31(34)33-24-14-7-4-8-15-24)18-23-17-27(36-2)28(19-25(23)32)37-20-22-12-5-3-6-13-22/h3-8,12-15,17-19,21,26H,9-11,16,20H2,1-2H3/b29-18-,33-31?/t21-,26-/m1/s1. The van der Waals surface area contributed by atoms with Crippen LogP contribution < -0.4 is 9.47 Å². The fourth-order valence-electron chi connectivity index (χ4n) is 4.96. The van der Waals surface area contributed by atoms with Crippen molar-refractivity contribution in [2.75, 3.05) is 7.11 Å². The van der Waals surface area contributed by atoms with Crippen molar-refractivity contribution in [3.63, 3.8) is 0 Å². The molecule has 0 bridgehead atoms. The number of hydrogen-bond acceptors (Lipinski definition) is 5. The van der Waals surface area contributed by atoms with Crippen molar-refractivity contribution in [3.8, 4) is 11.5 Å². The molecule has 1 aliphatic heterocycles. The molecule has 38 heavy (non-hydrogen) atoms. The fraction of sp³-hybridized carbons (Fsp3) is 0.290. The molecule has 5 rings (SSSR count). The zero-order valence-corrected chi connectivity index (χ0v) is 24.0. The van der Waals surface area contributed by atoms with Gasteiger partial charge in [-0.25, -0.2) is 4.99 Å². The Bertz CT molecular complexity index is 1340. The summed E-state index contributed by atoms with van der Waals surface area (Å²) < 4.78 is 12.5. The van der Waals surface area contributed by atoms with Crippen LogP contribution in [0, 0.1) is 5.92 Å². The maximum absolute atomic E-state index is 13.8. The quantitative estimate of drug-likeness (QED) is 0.260. The van der Waals surface area contributed by atoms with Gasteiger partial charge in [-0.15, -0.1) is 0 Å². The van der Waals surface area contributed by atoms with Crippen LogP contribution in [0.15, 0.2) is 87.2 Å². The Kier molecular flexibility index (Phi) is 8.55. The summed E-state index contributed by atoms with van der Waals surface area (Å²) >= 11 is 5.13. The highest BCUT2D eigenvalue weighted by atomic mass is 79.9. The van der Waals surface area contributed by atoms with Crippen LogP contribution in [0.25, 0.3) is 6.08 Å². The number of halogens is 1. The number of methoxy groups -OCH3 is 1. The first kappa shape index (κ1) is 26.6. The number of ether oxygens (including phenoxy) is 2. The van der Waals surface area contributed by atoms with E-state index in [4.69, 9.17) is 14.5 Å². The lowest BCUT2D eigenvalue weighted by atomic mass is 9.85. The predicted molar refractivity (Wildman–Crippen MR) is 159 cm³/mol. The van der Waals surface area contributed by atoms with Gasteiger partial charge in [0.25, 0.3) is 5.91 Å². The van der Waals surface area contributed by atoms with E-state index in [-0.39, 0.29) is 11.9 Å². The van der Waals surface area contributed by atoms with Gasteiger partial charge in [-0.1, -0.05) is 84.2 Å². The SMILES string of the molecule is COc1cc(/C=C2\SC(=Nc3ccccc3)N([C@@H]3CCCC[C@H]3C)C2=O)c(Br)cc1OCc1ccccc1. The number of para-hydroxylation sites is 1. The summed E-state index contributed by atoms with van der Waals surface area (Å²) in [5.41, 5.74) is 2.77. The third-order valence-corrected chi connectivity index (χ3v) is 8.69. The van der Waals surface area contributed by atoms with Crippen molar-refractivity contribution >= 4 is 50.5 Å². The number of aliphatic imine (C=N–C) groups is 1. The number of amides is 1. The molecule has 1 saturated carbocycles. The molecular weight excluding hydrogens is 560 g/mol. The van der Waals surface area contributed by atoms with Crippen molar-refractivity contribution in [1.82, 2.24) is 4.90 Å². The van der Waals surface area contributed by atoms with Crippen LogP contribution in [0.2, 0.25) is 0 Å². The predicted octanol–water partition coefficient (Wildman–Crippen LogP) is 8.22. The third-order valence-electron chi connectivity index (χ3n) is 7.02. The lowest BCUT2D eigenvalue weighted by molar-refractivity contribution is -0.124. The van der Waals surface area contributed by atoms with Gasteiger partial charge in [-0.3, -0.25) is 9.69 Å². The van der Waals surface area contributed by atoms with Crippen molar-refractivity contribution in [3.05, 3.63) is 93.3 Å². The van der Waals surface area contributed by atoms with Crippen molar-refractivity contribution in [2.24, 2.45) is 10.9 Å². The topological polar surface area (TPSA) is 51.1 Å². The molecule has 0 unspecified atom stereocenters. The molecule has 2 atom stereocenters. The zero-order chi connectivity index (χ0) is 26.5. The molecule has 1 saturated heterocycles. The van der Waals surface area contributed by atoms with Gasteiger partial charge >= 0.3 is 0 Å². The summed E-state index contributed by atoms with van der Waals surface area (Å²) in [5, 5.41) is 0.747. The van der Waals surface area contributed by atoms with Crippen LogP contribution in [0.1, 0.15) is 43.7 Å². The Morgan fingerprint density at radius 1 is 1.03 bits per heavy atom. The van der Waals surface area contributed by atoms with E-state index in [2.05, 4.69) is 22.9 Å². The number of carbonyl (C=O) groups is 1. The molecule has 196 valence electrons. The minimum Gasteiger partial charge on any atom is -0.493 e. The average molecular weight is 592 g/mol. The summed E-state index contributed by atoms with van der Waals surface area (Å²) in [7, 11) is 1.63. The molecule has 1 amide bonds. The Hall–Kier alpha value is -3.03.